The molecule has 0 saturated heterocycles. The lowest BCUT2D eigenvalue weighted by atomic mass is 10.1. The van der Waals surface area contributed by atoms with E-state index in [1.54, 1.807) is 6.92 Å². The first kappa shape index (κ1) is 13.6. The lowest BCUT2D eigenvalue weighted by molar-refractivity contribution is -0.137. The van der Waals surface area contributed by atoms with E-state index in [0.717, 1.165) is 24.3 Å². The Morgan fingerprint density at radius 1 is 1.28 bits per heavy atom. The van der Waals surface area contributed by atoms with Gasteiger partial charge in [-0.25, -0.2) is 9.59 Å². The van der Waals surface area contributed by atoms with E-state index in [0.29, 0.717) is 0 Å². The minimum Gasteiger partial charge on any atom is -0.507 e. The molecule has 0 saturated carbocycles. The lowest BCUT2D eigenvalue weighted by Crippen LogP contribution is -1.99. The number of carboxylic acid groups (broad SMARTS) is 1. The first-order chi connectivity index (χ1) is 8.45. The lowest BCUT2D eigenvalue weighted by Gasteiger charge is -2.04. The maximum atomic E-state index is 11.0. The molecule has 0 unspecified atom stereocenters. The number of phenolic OH excluding ortho intramolecular Hbond substituents is 2. The van der Waals surface area contributed by atoms with E-state index in [1.165, 1.54) is 0 Å². The number of carboxylic acids is 1. The Morgan fingerprint density at radius 3 is 2.28 bits per heavy atom. The number of aromatic carboxylic acids is 1. The summed E-state index contributed by atoms with van der Waals surface area (Å²) >= 11 is 0. The molecule has 0 aromatic heterocycles. The Kier molecular flexibility index (Phi) is 4.31. The summed E-state index contributed by atoms with van der Waals surface area (Å²) in [5.74, 6) is -2.78. The Balaban J connectivity index is 3.04. The first-order valence-corrected chi connectivity index (χ1v) is 5.09. The fourth-order valence-corrected chi connectivity index (χ4v) is 1.26. The number of aromatic hydroxyl groups is 2. The molecule has 6 heteroatoms. The standard InChI is InChI=1S/C12H12O6/c1-2-18-11(15)4-3-8-9(13)5-7(12(16)17)6-10(8)14/h3-6,13-14H,2H2,1H3,(H,16,17). The van der Waals surface area contributed by atoms with Crippen molar-refractivity contribution >= 4 is 18.0 Å². The minimum atomic E-state index is -1.28. The van der Waals surface area contributed by atoms with Gasteiger partial charge in [0.05, 0.1) is 17.7 Å². The number of hydrogen-bond donors (Lipinski definition) is 3. The average molecular weight is 252 g/mol. The fraction of sp³-hybridized carbons (Fsp3) is 0.167. The topological polar surface area (TPSA) is 104 Å². The highest BCUT2D eigenvalue weighted by Crippen LogP contribution is 2.30. The molecule has 0 aliphatic carbocycles. The molecule has 0 amide bonds. The van der Waals surface area contributed by atoms with Crippen molar-refractivity contribution < 1.29 is 29.6 Å². The highest BCUT2D eigenvalue weighted by atomic mass is 16.5. The molecule has 0 aliphatic heterocycles. The van der Waals surface area contributed by atoms with Crippen molar-refractivity contribution in [1.82, 2.24) is 0 Å². The van der Waals surface area contributed by atoms with Crippen LogP contribution in [0.1, 0.15) is 22.8 Å². The molecule has 0 spiro atoms. The van der Waals surface area contributed by atoms with Crippen molar-refractivity contribution in [3.63, 3.8) is 0 Å². The second-order valence-corrected chi connectivity index (χ2v) is 3.32. The van der Waals surface area contributed by atoms with Crippen LogP contribution in [0, 0.1) is 0 Å². The summed E-state index contributed by atoms with van der Waals surface area (Å²) in [6.45, 7) is 1.85. The quantitative estimate of drug-likeness (QED) is 0.552. The van der Waals surface area contributed by atoms with Gasteiger partial charge in [-0.05, 0) is 25.1 Å². The molecule has 0 atom stereocenters. The number of esters is 1. The molecular weight excluding hydrogens is 240 g/mol. The Morgan fingerprint density at radius 2 is 1.83 bits per heavy atom. The van der Waals surface area contributed by atoms with Gasteiger partial charge >= 0.3 is 11.9 Å². The van der Waals surface area contributed by atoms with Gasteiger partial charge in [-0.15, -0.1) is 0 Å². The van der Waals surface area contributed by atoms with Crippen LogP contribution in [-0.4, -0.2) is 33.9 Å². The Labute approximate surface area is 103 Å². The van der Waals surface area contributed by atoms with Crippen molar-refractivity contribution in [3.05, 3.63) is 29.3 Å². The third kappa shape index (κ3) is 3.24. The maximum absolute atomic E-state index is 11.0. The van der Waals surface area contributed by atoms with E-state index in [4.69, 9.17) is 5.11 Å². The van der Waals surface area contributed by atoms with Crippen LogP contribution in [0.25, 0.3) is 6.08 Å². The molecule has 0 fully saturated rings. The predicted molar refractivity (Wildman–Crippen MR) is 62.4 cm³/mol. The molecule has 18 heavy (non-hydrogen) atoms. The van der Waals surface area contributed by atoms with Crippen LogP contribution in [0.5, 0.6) is 11.5 Å². The van der Waals surface area contributed by atoms with Crippen LogP contribution in [-0.2, 0) is 9.53 Å². The molecular formula is C12H12O6. The predicted octanol–water partition coefficient (Wildman–Crippen LogP) is 1.37. The molecule has 1 rings (SSSR count). The molecule has 0 radical (unpaired) electrons. The monoisotopic (exact) mass is 252 g/mol. The van der Waals surface area contributed by atoms with Gasteiger partial charge in [0.15, 0.2) is 0 Å². The van der Waals surface area contributed by atoms with Crippen LogP contribution in [0.15, 0.2) is 18.2 Å². The van der Waals surface area contributed by atoms with Gasteiger partial charge in [0.2, 0.25) is 0 Å². The summed E-state index contributed by atoms with van der Waals surface area (Å²) in [5, 5.41) is 27.8. The summed E-state index contributed by atoms with van der Waals surface area (Å²) in [6, 6.07) is 1.96. The van der Waals surface area contributed by atoms with Crippen LogP contribution in [0.4, 0.5) is 0 Å². The largest absolute Gasteiger partial charge is 0.507 e. The maximum Gasteiger partial charge on any atom is 0.335 e. The second kappa shape index (κ2) is 5.72. The smallest absolute Gasteiger partial charge is 0.335 e. The van der Waals surface area contributed by atoms with Gasteiger partial charge in [-0.1, -0.05) is 0 Å². The zero-order valence-electron chi connectivity index (χ0n) is 9.58. The van der Waals surface area contributed by atoms with E-state index in [2.05, 4.69) is 4.74 Å². The molecule has 1 aromatic rings. The third-order valence-corrected chi connectivity index (χ3v) is 2.06. The van der Waals surface area contributed by atoms with Gasteiger partial charge in [0.1, 0.15) is 11.5 Å². The first-order valence-electron chi connectivity index (χ1n) is 5.09. The molecule has 0 bridgehead atoms. The SMILES string of the molecule is CCOC(=O)C=Cc1c(O)cc(C(=O)O)cc1O. The number of hydrogen-bond acceptors (Lipinski definition) is 5. The molecule has 0 aliphatic rings. The van der Waals surface area contributed by atoms with E-state index in [1.807, 2.05) is 0 Å². The number of carbonyl (C=O) groups is 2. The van der Waals surface area contributed by atoms with Crippen LogP contribution in [0.2, 0.25) is 0 Å². The Bertz CT molecular complexity index is 480. The summed E-state index contributed by atoms with van der Waals surface area (Å²) in [5.41, 5.74) is -0.300. The zero-order chi connectivity index (χ0) is 13.7. The molecule has 1 aromatic carbocycles. The van der Waals surface area contributed by atoms with Crippen molar-refractivity contribution in [2.45, 2.75) is 6.92 Å². The van der Waals surface area contributed by atoms with E-state index in [-0.39, 0.29) is 17.7 Å². The van der Waals surface area contributed by atoms with Gasteiger partial charge in [0, 0.05) is 6.08 Å². The zero-order valence-corrected chi connectivity index (χ0v) is 9.58. The van der Waals surface area contributed by atoms with E-state index in [9.17, 15) is 19.8 Å². The number of carbonyl (C=O) groups excluding carboxylic acids is 1. The number of benzene rings is 1. The van der Waals surface area contributed by atoms with Gasteiger partial charge < -0.3 is 20.1 Å². The Hall–Kier alpha value is -2.50. The van der Waals surface area contributed by atoms with Gasteiger partial charge in [-0.3, -0.25) is 0 Å². The molecule has 3 N–H and O–H groups in total. The third-order valence-electron chi connectivity index (χ3n) is 2.06. The minimum absolute atomic E-state index is 0.0481. The van der Waals surface area contributed by atoms with Crippen molar-refractivity contribution in [1.29, 1.82) is 0 Å². The summed E-state index contributed by atoms with van der Waals surface area (Å²) in [7, 11) is 0. The van der Waals surface area contributed by atoms with E-state index < -0.39 is 23.4 Å². The number of ether oxygens (including phenoxy) is 1. The average Bonchev–Trinajstić information content (AvgIpc) is 2.27. The van der Waals surface area contributed by atoms with Crippen molar-refractivity contribution in [3.8, 4) is 11.5 Å². The highest BCUT2D eigenvalue weighted by Gasteiger charge is 2.11. The van der Waals surface area contributed by atoms with Crippen molar-refractivity contribution in [2.75, 3.05) is 6.61 Å². The number of rotatable bonds is 4. The fourth-order valence-electron chi connectivity index (χ4n) is 1.26. The van der Waals surface area contributed by atoms with Crippen LogP contribution in [0.3, 0.4) is 0 Å². The highest BCUT2D eigenvalue weighted by molar-refractivity contribution is 5.91. The van der Waals surface area contributed by atoms with Gasteiger partial charge in [-0.2, -0.15) is 0 Å². The number of phenols is 2. The molecule has 96 valence electrons. The summed E-state index contributed by atoms with van der Waals surface area (Å²) < 4.78 is 4.62. The molecule has 6 nitrogen and oxygen atoms in total. The van der Waals surface area contributed by atoms with Crippen molar-refractivity contribution in [2.24, 2.45) is 0 Å². The van der Waals surface area contributed by atoms with Crippen LogP contribution < -0.4 is 0 Å². The summed E-state index contributed by atoms with van der Waals surface area (Å²) in [4.78, 5) is 21.7. The normalized spacial score (nSPS) is 10.5. The van der Waals surface area contributed by atoms with E-state index >= 15 is 0 Å². The van der Waals surface area contributed by atoms with Gasteiger partial charge in [0.25, 0.3) is 0 Å². The second-order valence-electron chi connectivity index (χ2n) is 3.32. The molecule has 0 heterocycles. The summed E-state index contributed by atoms with van der Waals surface area (Å²) in [6.07, 6.45) is 2.17. The van der Waals surface area contributed by atoms with Crippen LogP contribution >= 0.6 is 0 Å².